The Bertz CT molecular complexity index is 691. The zero-order valence-electron chi connectivity index (χ0n) is 14.2. The largest absolute Gasteiger partial charge is 0.480 e. The van der Waals surface area contributed by atoms with Crippen LogP contribution in [0.15, 0.2) is 35.0 Å². The van der Waals surface area contributed by atoms with Gasteiger partial charge in [-0.1, -0.05) is 33.8 Å². The van der Waals surface area contributed by atoms with E-state index in [0.29, 0.717) is 17.0 Å². The lowest BCUT2D eigenvalue weighted by Gasteiger charge is -2.40. The molecule has 0 aromatic carbocycles. The predicted octanol–water partition coefficient (Wildman–Crippen LogP) is 2.96. The minimum absolute atomic E-state index is 0.194. The molecule has 1 aliphatic rings. The van der Waals surface area contributed by atoms with E-state index in [1.165, 1.54) is 6.21 Å². The molecule has 0 fully saturated rings. The maximum absolute atomic E-state index is 12.2. The number of aliphatic carboxylic acids is 2. The Morgan fingerprint density at radius 3 is 2.17 bits per heavy atom. The average Bonchev–Trinajstić information content (AvgIpc) is 2.53. The van der Waals surface area contributed by atoms with Crippen LogP contribution in [0.1, 0.15) is 33.4 Å². The number of aromatic nitrogens is 1. The van der Waals surface area contributed by atoms with Crippen molar-refractivity contribution in [2.45, 2.75) is 27.7 Å². The highest BCUT2D eigenvalue weighted by Crippen LogP contribution is 2.49. The Labute approximate surface area is 141 Å². The van der Waals surface area contributed by atoms with Crippen molar-refractivity contribution < 1.29 is 19.8 Å². The molecule has 0 spiro atoms. The summed E-state index contributed by atoms with van der Waals surface area (Å²) in [6.07, 6.45) is 3.04. The van der Waals surface area contributed by atoms with E-state index >= 15 is 0 Å². The molecule has 2 N–H and O–H groups in total. The summed E-state index contributed by atoms with van der Waals surface area (Å²) in [6, 6.07) is 5.21. The first-order chi connectivity index (χ1) is 11.2. The number of nitrogens with zero attached hydrogens (tertiary/aromatic N) is 2. The second kappa shape index (κ2) is 6.55. The van der Waals surface area contributed by atoms with Crippen LogP contribution in [0.4, 0.5) is 0 Å². The molecule has 0 amide bonds. The molecule has 24 heavy (non-hydrogen) atoms. The molecule has 1 aromatic heterocycles. The Morgan fingerprint density at radius 1 is 1.12 bits per heavy atom. The van der Waals surface area contributed by atoms with Gasteiger partial charge in [0.25, 0.3) is 0 Å². The van der Waals surface area contributed by atoms with Gasteiger partial charge in [-0.15, -0.1) is 0 Å². The van der Waals surface area contributed by atoms with Crippen LogP contribution in [-0.4, -0.2) is 33.4 Å². The van der Waals surface area contributed by atoms with Gasteiger partial charge in [-0.3, -0.25) is 19.6 Å². The van der Waals surface area contributed by atoms with Gasteiger partial charge in [-0.05, 0) is 29.5 Å². The molecule has 6 nitrogen and oxygen atoms in total. The van der Waals surface area contributed by atoms with E-state index in [1.807, 2.05) is 0 Å². The minimum Gasteiger partial charge on any atom is -0.480 e. The predicted molar refractivity (Wildman–Crippen MR) is 90.5 cm³/mol. The lowest BCUT2D eigenvalue weighted by atomic mass is 9.61. The van der Waals surface area contributed by atoms with Gasteiger partial charge in [0, 0.05) is 18.3 Å². The lowest BCUT2D eigenvalue weighted by molar-refractivity contribution is -0.165. The summed E-state index contributed by atoms with van der Waals surface area (Å²) in [5.74, 6) is -3.97. The number of carboxylic acids is 2. The monoisotopic (exact) mass is 330 g/mol. The third kappa shape index (κ3) is 2.62. The number of pyridine rings is 1. The molecule has 1 aromatic rings. The summed E-state index contributed by atoms with van der Waals surface area (Å²) in [7, 11) is 0. The molecular formula is C18H22N2O4. The fourth-order valence-electron chi connectivity index (χ4n) is 3.42. The highest BCUT2D eigenvalue weighted by atomic mass is 16.4. The molecule has 0 saturated heterocycles. The van der Waals surface area contributed by atoms with Gasteiger partial charge in [0.05, 0.1) is 11.4 Å². The van der Waals surface area contributed by atoms with Crippen LogP contribution in [0.5, 0.6) is 0 Å². The Balaban J connectivity index is 2.87. The molecule has 2 rings (SSSR count). The van der Waals surface area contributed by atoms with Crippen LogP contribution >= 0.6 is 0 Å². The molecule has 0 radical (unpaired) electrons. The zero-order valence-corrected chi connectivity index (χ0v) is 14.2. The fraction of sp³-hybridized carbons (Fsp3) is 0.444. The second-order valence-electron chi connectivity index (χ2n) is 6.60. The molecule has 1 aliphatic heterocycles. The molecular weight excluding hydrogens is 308 g/mol. The van der Waals surface area contributed by atoms with Gasteiger partial charge >= 0.3 is 11.9 Å². The topological polar surface area (TPSA) is 99.9 Å². The molecule has 1 atom stereocenters. The molecule has 0 aliphatic carbocycles. The van der Waals surface area contributed by atoms with Crippen molar-refractivity contribution >= 4 is 23.9 Å². The van der Waals surface area contributed by atoms with E-state index < -0.39 is 23.3 Å². The summed E-state index contributed by atoms with van der Waals surface area (Å²) in [4.78, 5) is 33.1. The average molecular weight is 330 g/mol. The van der Waals surface area contributed by atoms with Gasteiger partial charge in [0.1, 0.15) is 0 Å². The number of hydrogen-bond donors (Lipinski definition) is 2. The molecule has 1 unspecified atom stereocenters. The van der Waals surface area contributed by atoms with Crippen molar-refractivity contribution in [3.8, 4) is 0 Å². The summed E-state index contributed by atoms with van der Waals surface area (Å²) in [5, 5.41) is 19.9. The highest BCUT2D eigenvalue weighted by Gasteiger charge is 2.59. The van der Waals surface area contributed by atoms with Crippen molar-refractivity contribution in [3.63, 3.8) is 0 Å². The first-order valence-corrected chi connectivity index (χ1v) is 7.91. The summed E-state index contributed by atoms with van der Waals surface area (Å²) in [5.41, 5.74) is -0.932. The molecule has 2 heterocycles. The van der Waals surface area contributed by atoms with E-state index in [9.17, 15) is 19.8 Å². The van der Waals surface area contributed by atoms with E-state index in [1.54, 1.807) is 52.1 Å². The Kier molecular flexibility index (Phi) is 4.87. The number of hydrogen-bond acceptors (Lipinski definition) is 4. The van der Waals surface area contributed by atoms with E-state index in [2.05, 4.69) is 9.98 Å². The van der Waals surface area contributed by atoms with Gasteiger partial charge in [0.15, 0.2) is 5.41 Å². The molecule has 128 valence electrons. The van der Waals surface area contributed by atoms with Gasteiger partial charge < -0.3 is 10.2 Å². The fourth-order valence-corrected chi connectivity index (χ4v) is 3.42. The van der Waals surface area contributed by atoms with Gasteiger partial charge in [-0.25, -0.2) is 0 Å². The minimum atomic E-state index is -2.04. The van der Waals surface area contributed by atoms with Crippen molar-refractivity contribution in [3.05, 3.63) is 35.7 Å². The maximum Gasteiger partial charge on any atom is 0.326 e. The van der Waals surface area contributed by atoms with E-state index in [-0.39, 0.29) is 11.8 Å². The quantitative estimate of drug-likeness (QED) is 0.809. The van der Waals surface area contributed by atoms with Crippen molar-refractivity contribution in [1.82, 2.24) is 4.98 Å². The molecule has 0 saturated carbocycles. The SMILES string of the molecule is CC(C)C1=C(c2ccccn2)N=CC(C(C)C)C1(C(=O)O)C(=O)O. The summed E-state index contributed by atoms with van der Waals surface area (Å²) < 4.78 is 0. The van der Waals surface area contributed by atoms with Crippen LogP contribution in [-0.2, 0) is 9.59 Å². The van der Waals surface area contributed by atoms with Crippen LogP contribution in [0.25, 0.3) is 5.70 Å². The van der Waals surface area contributed by atoms with Crippen LogP contribution in [0.3, 0.4) is 0 Å². The second-order valence-corrected chi connectivity index (χ2v) is 6.60. The normalized spacial score (nSPS) is 19.8. The smallest absolute Gasteiger partial charge is 0.326 e. The molecule has 6 heteroatoms. The van der Waals surface area contributed by atoms with Crippen LogP contribution in [0.2, 0.25) is 0 Å². The number of carbonyl (C=O) groups is 2. The number of carboxylic acid groups (broad SMARTS) is 2. The standard InChI is InChI=1S/C18H22N2O4/c1-10(2)12-9-20-15(13-7-5-6-8-19-13)14(11(3)4)18(12,16(21)22)17(23)24/h5-12H,1-4H3,(H,21,22)(H,23,24). The lowest BCUT2D eigenvalue weighted by Crippen LogP contribution is -2.52. The van der Waals surface area contributed by atoms with Gasteiger partial charge in [0.2, 0.25) is 0 Å². The van der Waals surface area contributed by atoms with Crippen molar-refractivity contribution in [1.29, 1.82) is 0 Å². The van der Waals surface area contributed by atoms with Crippen molar-refractivity contribution in [2.75, 3.05) is 0 Å². The van der Waals surface area contributed by atoms with Crippen LogP contribution < -0.4 is 0 Å². The third-order valence-corrected chi connectivity index (χ3v) is 4.42. The highest BCUT2D eigenvalue weighted by molar-refractivity contribution is 6.08. The third-order valence-electron chi connectivity index (χ3n) is 4.42. The summed E-state index contributed by atoms with van der Waals surface area (Å²) in [6.45, 7) is 7.19. The number of aliphatic imine (C=N–C) groups is 1. The molecule has 0 bridgehead atoms. The van der Waals surface area contributed by atoms with Crippen LogP contribution in [0, 0.1) is 23.2 Å². The van der Waals surface area contributed by atoms with E-state index in [0.717, 1.165) is 0 Å². The first-order valence-electron chi connectivity index (χ1n) is 7.91. The zero-order chi connectivity index (χ0) is 18.1. The maximum atomic E-state index is 12.2. The number of rotatable bonds is 5. The summed E-state index contributed by atoms with van der Waals surface area (Å²) >= 11 is 0. The Morgan fingerprint density at radius 2 is 1.75 bits per heavy atom. The Hall–Kier alpha value is -2.50. The van der Waals surface area contributed by atoms with E-state index in [4.69, 9.17) is 0 Å². The van der Waals surface area contributed by atoms with Crippen molar-refractivity contribution in [2.24, 2.45) is 28.2 Å². The first kappa shape index (κ1) is 17.8. The van der Waals surface area contributed by atoms with Gasteiger partial charge in [-0.2, -0.15) is 0 Å².